The van der Waals surface area contributed by atoms with Gasteiger partial charge in [-0.25, -0.2) is 9.78 Å². The van der Waals surface area contributed by atoms with E-state index in [2.05, 4.69) is 4.98 Å². The molecule has 0 amide bonds. The molecule has 19 heavy (non-hydrogen) atoms. The molecule has 1 heterocycles. The van der Waals surface area contributed by atoms with Crippen molar-refractivity contribution in [1.29, 1.82) is 0 Å². The van der Waals surface area contributed by atoms with Crippen molar-refractivity contribution in [1.82, 2.24) is 4.98 Å². The number of fused-ring (bicyclic) bond motifs is 1. The topological polar surface area (TPSA) is 59.4 Å². The van der Waals surface area contributed by atoms with Crippen LogP contribution in [0.25, 0.3) is 10.9 Å². The summed E-state index contributed by atoms with van der Waals surface area (Å²) in [6.07, 6.45) is 0.809. The summed E-state index contributed by atoms with van der Waals surface area (Å²) < 4.78 is 5.78. The summed E-state index contributed by atoms with van der Waals surface area (Å²) in [6, 6.07) is 8.65. The number of carbonyl (C=O) groups is 1. The summed E-state index contributed by atoms with van der Waals surface area (Å²) in [5.74, 6) is -0.624. The number of aromatic carboxylic acids is 1. The lowest BCUT2D eigenvalue weighted by Gasteiger charge is -2.24. The highest BCUT2D eigenvalue weighted by Crippen LogP contribution is 2.25. The van der Waals surface area contributed by atoms with Crippen molar-refractivity contribution >= 4 is 16.9 Å². The van der Waals surface area contributed by atoms with Crippen molar-refractivity contribution in [3.8, 4) is 5.88 Å². The van der Waals surface area contributed by atoms with Gasteiger partial charge in [0.25, 0.3) is 0 Å². The van der Waals surface area contributed by atoms with E-state index in [0.29, 0.717) is 16.8 Å². The summed E-state index contributed by atoms with van der Waals surface area (Å²) >= 11 is 0. The summed E-state index contributed by atoms with van der Waals surface area (Å²) in [5.41, 5.74) is 0.474. The zero-order valence-electron chi connectivity index (χ0n) is 11.3. The highest BCUT2D eigenvalue weighted by molar-refractivity contribution is 6.02. The molecule has 0 radical (unpaired) electrons. The lowest BCUT2D eigenvalue weighted by Crippen LogP contribution is -2.27. The van der Waals surface area contributed by atoms with Gasteiger partial charge < -0.3 is 9.84 Å². The van der Waals surface area contributed by atoms with Crippen LogP contribution in [0.5, 0.6) is 5.88 Å². The fourth-order valence-corrected chi connectivity index (χ4v) is 1.74. The molecular weight excluding hydrogens is 242 g/mol. The Kier molecular flexibility index (Phi) is 3.42. The second-order valence-corrected chi connectivity index (χ2v) is 5.05. The number of nitrogens with zero attached hydrogens (tertiary/aromatic N) is 1. The molecule has 4 heteroatoms. The van der Waals surface area contributed by atoms with Gasteiger partial charge in [0.05, 0.1) is 11.1 Å². The molecule has 0 spiro atoms. The Balaban J connectivity index is 2.55. The molecule has 0 unspecified atom stereocenters. The fourth-order valence-electron chi connectivity index (χ4n) is 1.74. The molecule has 0 bridgehead atoms. The second-order valence-electron chi connectivity index (χ2n) is 5.05. The molecule has 1 aromatic heterocycles. The van der Waals surface area contributed by atoms with Crippen molar-refractivity contribution in [2.45, 2.75) is 32.8 Å². The molecular formula is C15H17NO3. The van der Waals surface area contributed by atoms with E-state index in [0.717, 1.165) is 6.42 Å². The molecule has 2 rings (SSSR count). The molecule has 100 valence electrons. The Morgan fingerprint density at radius 3 is 2.68 bits per heavy atom. The Morgan fingerprint density at radius 2 is 2.05 bits per heavy atom. The monoisotopic (exact) mass is 259 g/mol. The Hall–Kier alpha value is -2.10. The quantitative estimate of drug-likeness (QED) is 0.912. The zero-order chi connectivity index (χ0) is 14.0. The minimum absolute atomic E-state index is 0.215. The van der Waals surface area contributed by atoms with E-state index < -0.39 is 5.97 Å². The van der Waals surface area contributed by atoms with Crippen LogP contribution in [-0.4, -0.2) is 21.7 Å². The third-order valence-electron chi connectivity index (χ3n) is 3.16. The Labute approximate surface area is 112 Å². The van der Waals surface area contributed by atoms with Gasteiger partial charge in [0.15, 0.2) is 0 Å². The van der Waals surface area contributed by atoms with Gasteiger partial charge in [-0.3, -0.25) is 0 Å². The standard InChI is InChI=1S/C15H17NO3/c1-4-15(2,3)19-13-9-11(14(17)18)10-7-5-6-8-12(10)16-13/h5-9H,4H2,1-3H3,(H,17,18). The van der Waals surface area contributed by atoms with Crippen LogP contribution in [0, 0.1) is 0 Å². The number of ether oxygens (including phenoxy) is 1. The summed E-state index contributed by atoms with van der Waals surface area (Å²) in [4.78, 5) is 15.7. The van der Waals surface area contributed by atoms with E-state index in [1.54, 1.807) is 18.2 Å². The average Bonchev–Trinajstić information content (AvgIpc) is 2.37. The van der Waals surface area contributed by atoms with E-state index in [4.69, 9.17) is 4.74 Å². The summed E-state index contributed by atoms with van der Waals surface area (Å²) in [6.45, 7) is 5.91. The van der Waals surface area contributed by atoms with Crippen LogP contribution < -0.4 is 4.74 Å². The fraction of sp³-hybridized carbons (Fsp3) is 0.333. The molecule has 0 aliphatic heterocycles. The maximum Gasteiger partial charge on any atom is 0.336 e. The summed E-state index contributed by atoms with van der Waals surface area (Å²) in [5, 5.41) is 9.90. The van der Waals surface area contributed by atoms with E-state index in [9.17, 15) is 9.90 Å². The molecule has 1 aromatic carbocycles. The first-order chi connectivity index (χ1) is 8.93. The average molecular weight is 259 g/mol. The number of carboxylic acids is 1. The third-order valence-corrected chi connectivity index (χ3v) is 3.16. The lowest BCUT2D eigenvalue weighted by atomic mass is 10.1. The van der Waals surface area contributed by atoms with Crippen LogP contribution >= 0.6 is 0 Å². The van der Waals surface area contributed by atoms with Gasteiger partial charge in [-0.05, 0) is 26.3 Å². The van der Waals surface area contributed by atoms with E-state index >= 15 is 0 Å². The van der Waals surface area contributed by atoms with E-state index in [1.807, 2.05) is 26.8 Å². The molecule has 0 aliphatic rings. The zero-order valence-corrected chi connectivity index (χ0v) is 11.3. The van der Waals surface area contributed by atoms with Gasteiger partial charge in [0.2, 0.25) is 5.88 Å². The Morgan fingerprint density at radius 1 is 1.37 bits per heavy atom. The number of hydrogen-bond acceptors (Lipinski definition) is 3. The van der Waals surface area contributed by atoms with E-state index in [-0.39, 0.29) is 11.2 Å². The molecule has 0 saturated heterocycles. The van der Waals surface area contributed by atoms with Crippen LogP contribution in [0.15, 0.2) is 30.3 Å². The van der Waals surface area contributed by atoms with Gasteiger partial charge >= 0.3 is 5.97 Å². The van der Waals surface area contributed by atoms with Crippen molar-refractivity contribution in [3.63, 3.8) is 0 Å². The largest absolute Gasteiger partial charge is 0.478 e. The summed E-state index contributed by atoms with van der Waals surface area (Å²) in [7, 11) is 0. The van der Waals surface area contributed by atoms with Crippen molar-refractivity contribution in [2.24, 2.45) is 0 Å². The first-order valence-corrected chi connectivity index (χ1v) is 6.25. The molecule has 0 fully saturated rings. The van der Waals surface area contributed by atoms with Crippen LogP contribution in [-0.2, 0) is 0 Å². The van der Waals surface area contributed by atoms with Gasteiger partial charge in [-0.1, -0.05) is 25.1 Å². The smallest absolute Gasteiger partial charge is 0.336 e. The van der Waals surface area contributed by atoms with Crippen LogP contribution in [0.1, 0.15) is 37.6 Å². The number of hydrogen-bond donors (Lipinski definition) is 1. The van der Waals surface area contributed by atoms with E-state index in [1.165, 1.54) is 6.07 Å². The number of para-hydroxylation sites is 1. The number of benzene rings is 1. The number of rotatable bonds is 4. The Bertz CT molecular complexity index is 620. The van der Waals surface area contributed by atoms with Crippen LogP contribution in [0.4, 0.5) is 0 Å². The van der Waals surface area contributed by atoms with Gasteiger partial charge in [0.1, 0.15) is 5.60 Å². The number of carboxylic acid groups (broad SMARTS) is 1. The minimum Gasteiger partial charge on any atom is -0.478 e. The van der Waals surface area contributed by atoms with Gasteiger partial charge in [-0.2, -0.15) is 0 Å². The number of aromatic nitrogens is 1. The molecule has 4 nitrogen and oxygen atoms in total. The van der Waals surface area contributed by atoms with Crippen LogP contribution in [0.2, 0.25) is 0 Å². The predicted octanol–water partition coefficient (Wildman–Crippen LogP) is 3.50. The van der Waals surface area contributed by atoms with Crippen molar-refractivity contribution in [3.05, 3.63) is 35.9 Å². The normalized spacial score (nSPS) is 11.5. The lowest BCUT2D eigenvalue weighted by molar-refractivity contribution is 0.0694. The third kappa shape index (κ3) is 2.84. The molecule has 2 aromatic rings. The molecule has 0 aliphatic carbocycles. The van der Waals surface area contributed by atoms with Crippen molar-refractivity contribution in [2.75, 3.05) is 0 Å². The SMILES string of the molecule is CCC(C)(C)Oc1cc(C(=O)O)c2ccccc2n1. The first kappa shape index (κ1) is 13.3. The molecule has 0 saturated carbocycles. The highest BCUT2D eigenvalue weighted by atomic mass is 16.5. The predicted molar refractivity (Wildman–Crippen MR) is 73.7 cm³/mol. The molecule has 1 N–H and O–H groups in total. The van der Waals surface area contributed by atoms with Gasteiger partial charge in [-0.15, -0.1) is 0 Å². The maximum atomic E-state index is 11.3. The van der Waals surface area contributed by atoms with Crippen LogP contribution in [0.3, 0.4) is 0 Å². The molecule has 0 atom stereocenters. The van der Waals surface area contributed by atoms with Gasteiger partial charge in [0, 0.05) is 11.5 Å². The second kappa shape index (κ2) is 4.88. The van der Waals surface area contributed by atoms with Crippen molar-refractivity contribution < 1.29 is 14.6 Å². The maximum absolute atomic E-state index is 11.3. The number of pyridine rings is 1. The highest BCUT2D eigenvalue weighted by Gasteiger charge is 2.20. The first-order valence-electron chi connectivity index (χ1n) is 6.25. The minimum atomic E-state index is -0.974.